The van der Waals surface area contributed by atoms with E-state index in [1.807, 2.05) is 0 Å². The van der Waals surface area contributed by atoms with Crippen LogP contribution in [0.4, 0.5) is 5.69 Å². The third-order valence-electron chi connectivity index (χ3n) is 3.66. The minimum absolute atomic E-state index is 0.0426. The number of nitro groups is 1. The van der Waals surface area contributed by atoms with Gasteiger partial charge in [-0.05, 0) is 24.8 Å². The van der Waals surface area contributed by atoms with E-state index in [0.29, 0.717) is 0 Å². The highest BCUT2D eigenvalue weighted by Gasteiger charge is 2.39. The van der Waals surface area contributed by atoms with Gasteiger partial charge in [0.25, 0.3) is 5.69 Å². The third kappa shape index (κ3) is 3.18. The van der Waals surface area contributed by atoms with Gasteiger partial charge in [0, 0.05) is 31.8 Å². The smallest absolute Gasteiger partial charge is 0.270 e. The van der Waals surface area contributed by atoms with Gasteiger partial charge in [0.1, 0.15) is 4.90 Å². The van der Waals surface area contributed by atoms with Gasteiger partial charge in [-0.15, -0.1) is 0 Å². The molecule has 0 radical (unpaired) electrons. The predicted octanol–water partition coefficient (Wildman–Crippen LogP) is 1.61. The number of nitro benzene ring substituents is 1. The SMILES string of the molecule is CN(C(CN)C1CC1)S(=O)(=O)c1cc([N+](=O)[O-])ccc1Cl. The van der Waals surface area contributed by atoms with Crippen LogP contribution >= 0.6 is 11.6 Å². The molecule has 0 aliphatic heterocycles. The normalized spacial score (nSPS) is 17.0. The van der Waals surface area contributed by atoms with Crippen molar-refractivity contribution in [2.45, 2.75) is 23.8 Å². The van der Waals surface area contributed by atoms with Crippen molar-refractivity contribution < 1.29 is 13.3 Å². The Hall–Kier alpha value is -1.22. The first-order valence-corrected chi connectivity index (χ1v) is 8.23. The molecule has 2 N–H and O–H groups in total. The van der Waals surface area contributed by atoms with Crippen LogP contribution in [0.3, 0.4) is 0 Å². The van der Waals surface area contributed by atoms with Crippen molar-refractivity contribution in [3.63, 3.8) is 0 Å². The molecule has 2 rings (SSSR count). The number of hydrogen-bond acceptors (Lipinski definition) is 5. The Labute approximate surface area is 127 Å². The summed E-state index contributed by atoms with van der Waals surface area (Å²) in [6.07, 6.45) is 1.87. The molecule has 0 aromatic heterocycles. The molecule has 1 aliphatic rings. The Morgan fingerprint density at radius 2 is 2.14 bits per heavy atom. The lowest BCUT2D eigenvalue weighted by Gasteiger charge is -2.26. The van der Waals surface area contributed by atoms with Gasteiger partial charge in [0.05, 0.1) is 9.95 Å². The van der Waals surface area contributed by atoms with Gasteiger partial charge in [0.2, 0.25) is 10.0 Å². The molecule has 1 saturated carbocycles. The topological polar surface area (TPSA) is 107 Å². The fraction of sp³-hybridized carbons (Fsp3) is 0.500. The van der Waals surface area contributed by atoms with Crippen LogP contribution in [0.2, 0.25) is 5.02 Å². The number of non-ortho nitro benzene ring substituents is 1. The summed E-state index contributed by atoms with van der Waals surface area (Å²) in [5.41, 5.74) is 5.34. The van der Waals surface area contributed by atoms with Gasteiger partial charge >= 0.3 is 0 Å². The monoisotopic (exact) mass is 333 g/mol. The molecule has 1 aliphatic carbocycles. The van der Waals surface area contributed by atoms with E-state index in [9.17, 15) is 18.5 Å². The molecule has 1 fully saturated rings. The number of likely N-dealkylation sites (N-methyl/N-ethyl adjacent to an activating group) is 1. The molecule has 21 heavy (non-hydrogen) atoms. The fourth-order valence-electron chi connectivity index (χ4n) is 2.26. The Morgan fingerprint density at radius 1 is 1.52 bits per heavy atom. The summed E-state index contributed by atoms with van der Waals surface area (Å²) >= 11 is 5.91. The van der Waals surface area contributed by atoms with Crippen molar-refractivity contribution >= 4 is 27.3 Å². The summed E-state index contributed by atoms with van der Waals surface area (Å²) in [6.45, 7) is 0.201. The number of sulfonamides is 1. The first kappa shape index (κ1) is 16.2. The average Bonchev–Trinajstić information content (AvgIpc) is 3.24. The highest BCUT2D eigenvalue weighted by molar-refractivity contribution is 7.89. The zero-order chi connectivity index (χ0) is 15.8. The molecule has 9 heteroatoms. The summed E-state index contributed by atoms with van der Waals surface area (Å²) in [5.74, 6) is 0.243. The molecule has 0 saturated heterocycles. The molecule has 0 heterocycles. The summed E-state index contributed by atoms with van der Waals surface area (Å²) in [7, 11) is -2.49. The molecule has 7 nitrogen and oxygen atoms in total. The molecule has 0 spiro atoms. The van der Waals surface area contributed by atoms with Gasteiger partial charge < -0.3 is 5.73 Å². The third-order valence-corrected chi connectivity index (χ3v) is 6.02. The van der Waals surface area contributed by atoms with Gasteiger partial charge in [-0.3, -0.25) is 10.1 Å². The average molecular weight is 334 g/mol. The Bertz CT molecular complexity index is 660. The van der Waals surface area contributed by atoms with Crippen LogP contribution in [-0.2, 0) is 10.0 Å². The van der Waals surface area contributed by atoms with Crippen LogP contribution in [0.25, 0.3) is 0 Å². The molecular formula is C12H16ClN3O4S. The zero-order valence-electron chi connectivity index (χ0n) is 11.4. The maximum atomic E-state index is 12.6. The van der Waals surface area contributed by atoms with E-state index in [4.69, 9.17) is 17.3 Å². The second-order valence-electron chi connectivity index (χ2n) is 5.03. The lowest BCUT2D eigenvalue weighted by molar-refractivity contribution is -0.385. The molecule has 1 aromatic carbocycles. The van der Waals surface area contributed by atoms with Crippen molar-refractivity contribution in [3.8, 4) is 0 Å². The second-order valence-corrected chi connectivity index (χ2v) is 7.41. The van der Waals surface area contributed by atoms with Crippen molar-refractivity contribution in [3.05, 3.63) is 33.3 Å². The Kier molecular flexibility index (Phi) is 4.52. The van der Waals surface area contributed by atoms with Gasteiger partial charge in [0.15, 0.2) is 0 Å². The van der Waals surface area contributed by atoms with E-state index in [1.54, 1.807) is 0 Å². The highest BCUT2D eigenvalue weighted by atomic mass is 35.5. The highest BCUT2D eigenvalue weighted by Crippen LogP contribution is 2.37. The number of hydrogen-bond donors (Lipinski definition) is 1. The lowest BCUT2D eigenvalue weighted by Crippen LogP contribution is -2.43. The van der Waals surface area contributed by atoms with E-state index in [1.165, 1.54) is 23.5 Å². The largest absolute Gasteiger partial charge is 0.329 e. The van der Waals surface area contributed by atoms with Crippen LogP contribution in [0.15, 0.2) is 23.1 Å². The molecule has 1 atom stereocenters. The van der Waals surface area contributed by atoms with E-state index in [2.05, 4.69) is 0 Å². The Morgan fingerprint density at radius 3 is 2.62 bits per heavy atom. The minimum atomic E-state index is -3.93. The quantitative estimate of drug-likeness (QED) is 0.628. The predicted molar refractivity (Wildman–Crippen MR) is 78.6 cm³/mol. The van der Waals surface area contributed by atoms with E-state index >= 15 is 0 Å². The Balaban J connectivity index is 2.43. The van der Waals surface area contributed by atoms with Crippen molar-refractivity contribution in [2.24, 2.45) is 11.7 Å². The lowest BCUT2D eigenvalue weighted by atomic mass is 10.2. The van der Waals surface area contributed by atoms with Crippen molar-refractivity contribution in [1.82, 2.24) is 4.31 Å². The first-order valence-electron chi connectivity index (χ1n) is 6.41. The number of nitrogens with two attached hydrogens (primary N) is 1. The summed E-state index contributed by atoms with van der Waals surface area (Å²) < 4.78 is 26.4. The van der Waals surface area contributed by atoms with E-state index < -0.39 is 14.9 Å². The van der Waals surface area contributed by atoms with Crippen molar-refractivity contribution in [1.29, 1.82) is 0 Å². The van der Waals surface area contributed by atoms with Crippen molar-refractivity contribution in [2.75, 3.05) is 13.6 Å². The fourth-order valence-corrected chi connectivity index (χ4v) is 4.17. The van der Waals surface area contributed by atoms with Gasteiger partial charge in [-0.2, -0.15) is 4.31 Å². The number of halogens is 1. The van der Waals surface area contributed by atoms with Crippen LogP contribution in [0.1, 0.15) is 12.8 Å². The summed E-state index contributed by atoms with van der Waals surface area (Å²) in [6, 6.07) is 3.05. The molecule has 116 valence electrons. The maximum Gasteiger partial charge on any atom is 0.270 e. The molecule has 0 amide bonds. The van der Waals surface area contributed by atoms with Crippen LogP contribution < -0.4 is 5.73 Å². The van der Waals surface area contributed by atoms with Crippen LogP contribution in [0.5, 0.6) is 0 Å². The van der Waals surface area contributed by atoms with E-state index in [0.717, 1.165) is 18.9 Å². The second kappa shape index (κ2) is 5.88. The summed E-state index contributed by atoms with van der Waals surface area (Å²) in [5, 5.41) is 10.8. The number of benzene rings is 1. The van der Waals surface area contributed by atoms with Gasteiger partial charge in [-0.1, -0.05) is 11.6 Å². The maximum absolute atomic E-state index is 12.6. The van der Waals surface area contributed by atoms with Crippen LogP contribution in [-0.4, -0.2) is 37.3 Å². The molecule has 0 bridgehead atoms. The van der Waals surface area contributed by atoms with Gasteiger partial charge in [-0.25, -0.2) is 8.42 Å². The molecular weight excluding hydrogens is 318 g/mol. The molecule has 1 unspecified atom stereocenters. The van der Waals surface area contributed by atoms with E-state index in [-0.39, 0.29) is 34.1 Å². The summed E-state index contributed by atoms with van der Waals surface area (Å²) in [4.78, 5) is 9.88. The minimum Gasteiger partial charge on any atom is -0.329 e. The number of rotatable bonds is 6. The van der Waals surface area contributed by atoms with Crippen LogP contribution in [0, 0.1) is 16.0 Å². The first-order chi connectivity index (χ1) is 9.78. The zero-order valence-corrected chi connectivity index (χ0v) is 13.0. The number of nitrogens with zero attached hydrogens (tertiary/aromatic N) is 2. The standard InChI is InChI=1S/C12H16ClN3O4S/c1-15(11(7-14)8-2-3-8)21(19,20)12-6-9(16(17)18)4-5-10(12)13/h4-6,8,11H,2-3,7,14H2,1H3. The molecule has 1 aromatic rings.